The monoisotopic (exact) mass is 327 g/mol. The minimum atomic E-state index is -0.570. The Bertz CT molecular complexity index is 532. The van der Waals surface area contributed by atoms with Gasteiger partial charge in [-0.1, -0.05) is 0 Å². The number of hydrogen-bond donors (Lipinski definition) is 3. The van der Waals surface area contributed by atoms with Gasteiger partial charge in [0.25, 0.3) is 0 Å². The van der Waals surface area contributed by atoms with Gasteiger partial charge >= 0.3 is 6.09 Å². The number of alkyl carbamates (subject to hydrolysis) is 1. The lowest BCUT2D eigenvalue weighted by molar-refractivity contribution is 0.0504. The fourth-order valence-electron chi connectivity index (χ4n) is 1.95. The second-order valence-electron chi connectivity index (χ2n) is 6.27. The molecule has 2 unspecified atom stereocenters. The van der Waals surface area contributed by atoms with Gasteiger partial charge in [0.15, 0.2) is 11.6 Å². The molecule has 1 aromatic carbocycles. The lowest BCUT2D eigenvalue weighted by Gasteiger charge is -2.27. The Balaban J connectivity index is 2.70. The number of amides is 1. The number of carbonyl (C=O) groups is 1. The first-order chi connectivity index (χ1) is 10.7. The van der Waals surface area contributed by atoms with Crippen molar-refractivity contribution in [1.29, 1.82) is 0 Å². The molecule has 0 aliphatic rings. The van der Waals surface area contributed by atoms with E-state index < -0.39 is 17.5 Å². The van der Waals surface area contributed by atoms with Gasteiger partial charge in [-0.05, 0) is 39.8 Å². The topological polar surface area (TPSA) is 85.6 Å². The molecule has 1 amide bonds. The number of rotatable bonds is 6. The van der Waals surface area contributed by atoms with Crippen LogP contribution in [-0.4, -0.2) is 37.4 Å². The zero-order chi connectivity index (χ0) is 17.6. The predicted molar refractivity (Wildman–Crippen MR) is 88.2 cm³/mol. The molecular weight excluding hydrogens is 301 g/mol. The van der Waals surface area contributed by atoms with E-state index in [9.17, 15) is 9.18 Å². The summed E-state index contributed by atoms with van der Waals surface area (Å²) in [6, 6.07) is 3.89. The molecule has 0 aliphatic heterocycles. The Morgan fingerprint density at radius 2 is 2.04 bits per heavy atom. The van der Waals surface area contributed by atoms with Crippen molar-refractivity contribution in [3.8, 4) is 5.75 Å². The van der Waals surface area contributed by atoms with E-state index in [-0.39, 0.29) is 24.4 Å². The summed E-state index contributed by atoms with van der Waals surface area (Å²) in [7, 11) is 1.40. The molecule has 2 atom stereocenters. The number of ether oxygens (including phenoxy) is 2. The Labute approximate surface area is 136 Å². The number of hydrogen-bond acceptors (Lipinski definition) is 5. The van der Waals surface area contributed by atoms with Gasteiger partial charge in [0, 0.05) is 18.3 Å². The Morgan fingerprint density at radius 1 is 1.39 bits per heavy atom. The van der Waals surface area contributed by atoms with Crippen LogP contribution in [0.3, 0.4) is 0 Å². The van der Waals surface area contributed by atoms with Crippen LogP contribution in [0, 0.1) is 5.82 Å². The fraction of sp³-hybridized carbons (Fsp3) is 0.562. The Kier molecular flexibility index (Phi) is 6.62. The van der Waals surface area contributed by atoms with Crippen LogP contribution >= 0.6 is 0 Å². The molecule has 0 bridgehead atoms. The largest absolute Gasteiger partial charge is 0.494 e. The van der Waals surface area contributed by atoms with Crippen LogP contribution in [0.5, 0.6) is 5.75 Å². The van der Waals surface area contributed by atoms with Crippen LogP contribution in [-0.2, 0) is 4.74 Å². The van der Waals surface area contributed by atoms with Crippen LogP contribution in [0.4, 0.5) is 14.9 Å². The highest BCUT2D eigenvalue weighted by atomic mass is 19.1. The highest BCUT2D eigenvalue weighted by molar-refractivity contribution is 5.68. The van der Waals surface area contributed by atoms with E-state index in [1.165, 1.54) is 19.2 Å². The third-order valence-electron chi connectivity index (χ3n) is 3.11. The molecular formula is C16H26FN3O3. The molecule has 4 N–H and O–H groups in total. The van der Waals surface area contributed by atoms with E-state index >= 15 is 0 Å². The molecule has 7 heteroatoms. The van der Waals surface area contributed by atoms with Gasteiger partial charge < -0.3 is 25.8 Å². The molecule has 23 heavy (non-hydrogen) atoms. The summed E-state index contributed by atoms with van der Waals surface area (Å²) >= 11 is 0. The lowest BCUT2D eigenvalue weighted by atomic mass is 10.1. The van der Waals surface area contributed by atoms with E-state index in [0.717, 1.165) is 0 Å². The number of nitrogens with two attached hydrogens (primary N) is 1. The number of benzene rings is 1. The van der Waals surface area contributed by atoms with Crippen molar-refractivity contribution in [2.24, 2.45) is 5.73 Å². The van der Waals surface area contributed by atoms with Crippen LogP contribution in [0.2, 0.25) is 0 Å². The van der Waals surface area contributed by atoms with Crippen molar-refractivity contribution in [2.45, 2.75) is 45.4 Å². The van der Waals surface area contributed by atoms with Gasteiger partial charge in [-0.3, -0.25) is 0 Å². The maximum absolute atomic E-state index is 13.4. The maximum Gasteiger partial charge on any atom is 0.407 e. The van der Waals surface area contributed by atoms with E-state index in [2.05, 4.69) is 10.6 Å². The van der Waals surface area contributed by atoms with Gasteiger partial charge in [-0.15, -0.1) is 0 Å². The zero-order valence-corrected chi connectivity index (χ0v) is 14.3. The molecule has 1 aromatic rings. The van der Waals surface area contributed by atoms with Crippen molar-refractivity contribution in [1.82, 2.24) is 5.32 Å². The van der Waals surface area contributed by atoms with Crippen molar-refractivity contribution in [3.05, 3.63) is 24.0 Å². The molecule has 0 aliphatic carbocycles. The second-order valence-corrected chi connectivity index (χ2v) is 6.27. The Hall–Kier alpha value is -2.02. The van der Waals surface area contributed by atoms with Crippen molar-refractivity contribution < 1.29 is 18.7 Å². The zero-order valence-electron chi connectivity index (χ0n) is 14.3. The summed E-state index contributed by atoms with van der Waals surface area (Å²) in [4.78, 5) is 11.8. The standard InChI is InChI=1S/C16H26FN3O3/c1-10(19-15(21)23-16(2,3)4)13(9-18)20-11-6-7-12(17)14(8-11)22-5/h6-8,10,13,20H,9,18H2,1-5H3,(H,19,21). The normalized spacial score (nSPS) is 13.9. The lowest BCUT2D eigenvalue weighted by Crippen LogP contribution is -2.49. The molecule has 130 valence electrons. The predicted octanol–water partition coefficient (Wildman–Crippen LogP) is 2.49. The third-order valence-corrected chi connectivity index (χ3v) is 3.11. The molecule has 0 spiro atoms. The molecule has 0 fully saturated rings. The highest BCUT2D eigenvalue weighted by Crippen LogP contribution is 2.22. The van der Waals surface area contributed by atoms with E-state index in [1.807, 2.05) is 6.92 Å². The van der Waals surface area contributed by atoms with E-state index in [0.29, 0.717) is 5.69 Å². The number of halogens is 1. The molecule has 0 saturated carbocycles. The first kappa shape index (κ1) is 19.0. The quantitative estimate of drug-likeness (QED) is 0.747. The van der Waals surface area contributed by atoms with Crippen molar-refractivity contribution in [3.63, 3.8) is 0 Å². The minimum Gasteiger partial charge on any atom is -0.494 e. The molecule has 0 saturated heterocycles. The van der Waals surface area contributed by atoms with Crippen LogP contribution < -0.4 is 21.1 Å². The first-order valence-corrected chi connectivity index (χ1v) is 7.46. The molecule has 1 rings (SSSR count). The maximum atomic E-state index is 13.4. The summed E-state index contributed by atoms with van der Waals surface area (Å²) in [6.45, 7) is 7.47. The highest BCUT2D eigenvalue weighted by Gasteiger charge is 2.22. The van der Waals surface area contributed by atoms with Crippen LogP contribution in [0.15, 0.2) is 18.2 Å². The molecule has 0 heterocycles. The average Bonchev–Trinajstić information content (AvgIpc) is 2.43. The molecule has 0 radical (unpaired) electrons. The summed E-state index contributed by atoms with van der Waals surface area (Å²) in [5, 5.41) is 5.90. The smallest absolute Gasteiger partial charge is 0.407 e. The minimum absolute atomic E-state index is 0.138. The fourth-order valence-corrected chi connectivity index (χ4v) is 1.95. The van der Waals surface area contributed by atoms with E-state index in [1.54, 1.807) is 26.8 Å². The van der Waals surface area contributed by atoms with E-state index in [4.69, 9.17) is 15.2 Å². The van der Waals surface area contributed by atoms with Gasteiger partial charge in [0.05, 0.1) is 19.2 Å². The van der Waals surface area contributed by atoms with Gasteiger partial charge in [0.2, 0.25) is 0 Å². The van der Waals surface area contributed by atoms with Crippen molar-refractivity contribution >= 4 is 11.8 Å². The van der Waals surface area contributed by atoms with Gasteiger partial charge in [0.1, 0.15) is 5.60 Å². The average molecular weight is 327 g/mol. The third kappa shape index (κ3) is 6.32. The SMILES string of the molecule is COc1cc(NC(CN)C(C)NC(=O)OC(C)(C)C)ccc1F. The number of methoxy groups -OCH3 is 1. The summed E-state index contributed by atoms with van der Waals surface area (Å²) in [6.07, 6.45) is -0.512. The number of nitrogens with one attached hydrogen (secondary N) is 2. The number of anilines is 1. The summed E-state index contributed by atoms with van der Waals surface area (Å²) in [5.74, 6) is -0.305. The summed E-state index contributed by atoms with van der Waals surface area (Å²) in [5.41, 5.74) is 5.84. The molecule has 6 nitrogen and oxygen atoms in total. The summed E-state index contributed by atoms with van der Waals surface area (Å²) < 4.78 is 23.6. The molecule has 0 aromatic heterocycles. The van der Waals surface area contributed by atoms with Crippen LogP contribution in [0.25, 0.3) is 0 Å². The van der Waals surface area contributed by atoms with Gasteiger partial charge in [-0.2, -0.15) is 0 Å². The van der Waals surface area contributed by atoms with Gasteiger partial charge in [-0.25, -0.2) is 9.18 Å². The Morgan fingerprint density at radius 3 is 2.57 bits per heavy atom. The number of carbonyl (C=O) groups excluding carboxylic acids is 1. The van der Waals surface area contributed by atoms with Crippen LogP contribution in [0.1, 0.15) is 27.7 Å². The first-order valence-electron chi connectivity index (χ1n) is 7.46. The van der Waals surface area contributed by atoms with Crippen molar-refractivity contribution in [2.75, 3.05) is 19.0 Å². The second kappa shape index (κ2) is 8.01.